The van der Waals surface area contributed by atoms with E-state index < -0.39 is 0 Å². The van der Waals surface area contributed by atoms with Crippen molar-refractivity contribution < 1.29 is 14.3 Å². The van der Waals surface area contributed by atoms with E-state index in [-0.39, 0.29) is 24.4 Å². The highest BCUT2D eigenvalue weighted by molar-refractivity contribution is 5.95. The van der Waals surface area contributed by atoms with Crippen LogP contribution < -0.4 is 10.1 Å². The molecule has 2 fully saturated rings. The first-order chi connectivity index (χ1) is 9.67. The van der Waals surface area contributed by atoms with Crippen LogP contribution in [0.15, 0.2) is 24.3 Å². The van der Waals surface area contributed by atoms with Crippen molar-refractivity contribution in [3.63, 3.8) is 0 Å². The first-order valence-corrected chi connectivity index (χ1v) is 6.88. The fraction of sp³-hybridized carbons (Fsp3) is 0.467. The smallest absolute Gasteiger partial charge is 0.246 e. The highest BCUT2D eigenvalue weighted by atomic mass is 16.5. The zero-order valence-electron chi connectivity index (χ0n) is 11.5. The molecule has 0 bridgehead atoms. The molecule has 20 heavy (non-hydrogen) atoms. The normalized spacial score (nSPS) is 22.6. The van der Waals surface area contributed by atoms with Crippen molar-refractivity contribution in [2.24, 2.45) is 5.92 Å². The Labute approximate surface area is 117 Å². The molecule has 1 aromatic rings. The minimum atomic E-state index is -0.318. The van der Waals surface area contributed by atoms with Gasteiger partial charge in [-0.1, -0.05) is 12.1 Å². The third kappa shape index (κ3) is 2.61. The summed E-state index contributed by atoms with van der Waals surface area (Å²) in [5, 5.41) is 2.81. The van der Waals surface area contributed by atoms with Gasteiger partial charge < -0.3 is 15.0 Å². The average Bonchev–Trinajstić information content (AvgIpc) is 3.27. The summed E-state index contributed by atoms with van der Waals surface area (Å²) in [6.45, 7) is 0.589. The van der Waals surface area contributed by atoms with E-state index >= 15 is 0 Å². The van der Waals surface area contributed by atoms with Crippen molar-refractivity contribution in [1.82, 2.24) is 10.2 Å². The molecule has 1 aromatic carbocycles. The SMILES string of the molecule is COc1cccc(CN2CC(=O)NC(C3CC3)C2=O)c1. The number of piperazine rings is 1. The molecule has 0 spiro atoms. The molecule has 106 valence electrons. The van der Waals surface area contributed by atoms with Gasteiger partial charge in [-0.3, -0.25) is 9.59 Å². The van der Waals surface area contributed by atoms with E-state index in [2.05, 4.69) is 5.32 Å². The third-order valence-corrected chi connectivity index (χ3v) is 3.83. The van der Waals surface area contributed by atoms with E-state index in [1.165, 1.54) is 0 Å². The number of ether oxygens (including phenoxy) is 1. The maximum absolute atomic E-state index is 12.4. The number of nitrogens with zero attached hydrogens (tertiary/aromatic N) is 1. The number of benzene rings is 1. The van der Waals surface area contributed by atoms with Crippen LogP contribution in [-0.4, -0.2) is 36.4 Å². The predicted molar refractivity (Wildman–Crippen MR) is 73.1 cm³/mol. The van der Waals surface area contributed by atoms with Crippen LogP contribution in [0.2, 0.25) is 0 Å². The van der Waals surface area contributed by atoms with Crippen molar-refractivity contribution in [2.45, 2.75) is 25.4 Å². The van der Waals surface area contributed by atoms with Crippen LogP contribution in [0, 0.1) is 5.92 Å². The maximum Gasteiger partial charge on any atom is 0.246 e. The summed E-state index contributed by atoms with van der Waals surface area (Å²) in [4.78, 5) is 25.8. The Kier molecular flexibility index (Phi) is 3.34. The lowest BCUT2D eigenvalue weighted by molar-refractivity contribution is -0.145. The zero-order valence-corrected chi connectivity index (χ0v) is 11.5. The highest BCUT2D eigenvalue weighted by Gasteiger charge is 2.42. The predicted octanol–water partition coefficient (Wildman–Crippen LogP) is 0.932. The second-order valence-electron chi connectivity index (χ2n) is 5.43. The van der Waals surface area contributed by atoms with E-state index in [1.807, 2.05) is 24.3 Å². The molecule has 1 saturated heterocycles. The summed E-state index contributed by atoms with van der Waals surface area (Å²) in [6.07, 6.45) is 2.06. The van der Waals surface area contributed by atoms with Crippen LogP contribution in [0.25, 0.3) is 0 Å². The van der Waals surface area contributed by atoms with Crippen molar-refractivity contribution >= 4 is 11.8 Å². The van der Waals surface area contributed by atoms with Crippen LogP contribution in [-0.2, 0) is 16.1 Å². The molecule has 2 amide bonds. The lowest BCUT2D eigenvalue weighted by Crippen LogP contribution is -2.58. The first-order valence-electron chi connectivity index (χ1n) is 6.88. The molecule has 0 radical (unpaired) electrons. The third-order valence-electron chi connectivity index (χ3n) is 3.83. The molecule has 0 aromatic heterocycles. The van der Waals surface area contributed by atoms with Gasteiger partial charge in [-0.25, -0.2) is 0 Å². The molecule has 5 heteroatoms. The molecule has 2 aliphatic rings. The minimum absolute atomic E-state index is 0.0370. The monoisotopic (exact) mass is 274 g/mol. The largest absolute Gasteiger partial charge is 0.497 e. The number of hydrogen-bond acceptors (Lipinski definition) is 3. The zero-order chi connectivity index (χ0) is 14.1. The standard InChI is InChI=1S/C15H18N2O3/c1-20-12-4-2-3-10(7-12)8-17-9-13(18)16-14(15(17)19)11-5-6-11/h2-4,7,11,14H,5-6,8-9H2,1H3,(H,16,18). The molecule has 1 aliphatic heterocycles. The van der Waals surface area contributed by atoms with Crippen LogP contribution in [0.4, 0.5) is 0 Å². The molecule has 1 heterocycles. The second-order valence-corrected chi connectivity index (χ2v) is 5.43. The number of rotatable bonds is 4. The van der Waals surface area contributed by atoms with Gasteiger partial charge in [0.15, 0.2) is 0 Å². The molecule has 5 nitrogen and oxygen atoms in total. The molecular formula is C15H18N2O3. The lowest BCUT2D eigenvalue weighted by atomic mass is 10.1. The Morgan fingerprint density at radius 2 is 2.15 bits per heavy atom. The van der Waals surface area contributed by atoms with Gasteiger partial charge in [0, 0.05) is 6.54 Å². The second kappa shape index (κ2) is 5.15. The summed E-state index contributed by atoms with van der Waals surface area (Å²) in [5.74, 6) is 1.06. The average molecular weight is 274 g/mol. The molecule has 1 atom stereocenters. The van der Waals surface area contributed by atoms with Gasteiger partial charge in [0.1, 0.15) is 11.8 Å². The Morgan fingerprint density at radius 3 is 2.85 bits per heavy atom. The fourth-order valence-electron chi connectivity index (χ4n) is 2.60. The van der Waals surface area contributed by atoms with E-state index in [9.17, 15) is 9.59 Å². The van der Waals surface area contributed by atoms with Crippen molar-refractivity contribution in [2.75, 3.05) is 13.7 Å². The van der Waals surface area contributed by atoms with Gasteiger partial charge in [-0.15, -0.1) is 0 Å². The van der Waals surface area contributed by atoms with Crippen molar-refractivity contribution in [3.05, 3.63) is 29.8 Å². The van der Waals surface area contributed by atoms with E-state index in [4.69, 9.17) is 4.74 Å². The maximum atomic E-state index is 12.4. The van der Waals surface area contributed by atoms with E-state index in [0.717, 1.165) is 24.2 Å². The van der Waals surface area contributed by atoms with Gasteiger partial charge in [0.25, 0.3) is 0 Å². The number of hydrogen-bond donors (Lipinski definition) is 1. The Hall–Kier alpha value is -2.04. The van der Waals surface area contributed by atoms with E-state index in [1.54, 1.807) is 12.0 Å². The number of methoxy groups -OCH3 is 1. The van der Waals surface area contributed by atoms with Crippen molar-refractivity contribution in [3.8, 4) is 5.75 Å². The Morgan fingerprint density at radius 1 is 1.35 bits per heavy atom. The Bertz CT molecular complexity index is 540. The quantitative estimate of drug-likeness (QED) is 0.888. The summed E-state index contributed by atoms with van der Waals surface area (Å²) >= 11 is 0. The summed E-state index contributed by atoms with van der Waals surface area (Å²) in [7, 11) is 1.61. The fourth-order valence-corrected chi connectivity index (χ4v) is 2.60. The summed E-state index contributed by atoms with van der Waals surface area (Å²) in [5.41, 5.74) is 0.974. The van der Waals surface area contributed by atoms with Gasteiger partial charge >= 0.3 is 0 Å². The number of amides is 2. The summed E-state index contributed by atoms with van der Waals surface area (Å²) in [6, 6.07) is 7.27. The molecule has 1 aliphatic carbocycles. The first kappa shape index (κ1) is 13.0. The molecule has 1 unspecified atom stereocenters. The van der Waals surface area contributed by atoms with Crippen molar-refractivity contribution in [1.29, 1.82) is 0 Å². The van der Waals surface area contributed by atoms with Gasteiger partial charge in [0.2, 0.25) is 11.8 Å². The highest BCUT2D eigenvalue weighted by Crippen LogP contribution is 2.34. The topological polar surface area (TPSA) is 58.6 Å². The van der Waals surface area contributed by atoms with E-state index in [0.29, 0.717) is 12.5 Å². The van der Waals surface area contributed by atoms with Crippen LogP contribution in [0.1, 0.15) is 18.4 Å². The molecular weight excluding hydrogens is 256 g/mol. The minimum Gasteiger partial charge on any atom is -0.497 e. The number of carbonyl (C=O) groups excluding carboxylic acids is 2. The molecule has 1 N–H and O–H groups in total. The Balaban J connectivity index is 1.74. The van der Waals surface area contributed by atoms with Crippen LogP contribution in [0.5, 0.6) is 5.75 Å². The number of nitrogens with one attached hydrogen (secondary N) is 1. The molecule has 1 saturated carbocycles. The molecule has 3 rings (SSSR count). The van der Waals surface area contributed by atoms with Crippen LogP contribution in [0.3, 0.4) is 0 Å². The van der Waals surface area contributed by atoms with Gasteiger partial charge in [0.05, 0.1) is 13.7 Å². The van der Waals surface area contributed by atoms with Gasteiger partial charge in [-0.2, -0.15) is 0 Å². The van der Waals surface area contributed by atoms with Gasteiger partial charge in [-0.05, 0) is 36.5 Å². The number of carbonyl (C=O) groups is 2. The van der Waals surface area contributed by atoms with Crippen LogP contribution >= 0.6 is 0 Å². The summed E-state index contributed by atoms with van der Waals surface area (Å²) < 4.78 is 5.18. The lowest BCUT2D eigenvalue weighted by Gasteiger charge is -2.32.